The summed E-state index contributed by atoms with van der Waals surface area (Å²) in [7, 11) is 0. The van der Waals surface area contributed by atoms with Crippen molar-refractivity contribution in [3.05, 3.63) is 76.6 Å². The molecule has 5 nitrogen and oxygen atoms in total. The average molecular weight is 423 g/mol. The van der Waals surface area contributed by atoms with Gasteiger partial charge < -0.3 is 15.7 Å². The molecule has 0 aliphatic heterocycles. The topological polar surface area (TPSA) is 70.1 Å². The van der Waals surface area contributed by atoms with Crippen LogP contribution in [0.1, 0.15) is 16.8 Å². The van der Waals surface area contributed by atoms with Gasteiger partial charge in [0.1, 0.15) is 0 Å². The third-order valence-electron chi connectivity index (χ3n) is 4.02. The van der Waals surface area contributed by atoms with E-state index in [0.717, 1.165) is 17.7 Å². The van der Waals surface area contributed by atoms with Crippen molar-refractivity contribution in [2.75, 3.05) is 23.8 Å². The van der Waals surface area contributed by atoms with Crippen LogP contribution in [0, 0.1) is 0 Å². The van der Waals surface area contributed by atoms with Crippen molar-refractivity contribution in [2.24, 2.45) is 0 Å². The van der Waals surface area contributed by atoms with Crippen LogP contribution in [-0.4, -0.2) is 28.2 Å². The van der Waals surface area contributed by atoms with Gasteiger partial charge in [0.05, 0.1) is 29.7 Å². The standard InChI is InChI=1S/C20H18ClF3N4O/c21-15-6-4-13(5-7-15)10-17-18(12-26-19(28-17)25-8-9-29)27-16-3-1-2-14(11-16)20(22,23)24/h1-7,11-12,27,29H,8-10H2,(H,25,26,28). The number of anilines is 3. The molecule has 0 atom stereocenters. The molecule has 29 heavy (non-hydrogen) atoms. The van der Waals surface area contributed by atoms with Gasteiger partial charge in [-0.25, -0.2) is 9.97 Å². The number of aliphatic hydroxyl groups excluding tert-OH is 1. The lowest BCUT2D eigenvalue weighted by Crippen LogP contribution is -2.11. The van der Waals surface area contributed by atoms with Gasteiger partial charge in [-0.2, -0.15) is 13.2 Å². The minimum atomic E-state index is -4.43. The quantitative estimate of drug-likeness (QED) is 0.506. The molecule has 0 fully saturated rings. The maximum Gasteiger partial charge on any atom is 0.416 e. The fourth-order valence-electron chi connectivity index (χ4n) is 2.63. The third kappa shape index (κ3) is 5.82. The Labute approximate surface area is 170 Å². The van der Waals surface area contributed by atoms with Gasteiger partial charge in [0, 0.05) is 23.7 Å². The van der Waals surface area contributed by atoms with Crippen LogP contribution in [0.25, 0.3) is 0 Å². The molecule has 0 aliphatic carbocycles. The number of aromatic nitrogens is 2. The molecule has 1 heterocycles. The molecule has 152 valence electrons. The summed E-state index contributed by atoms with van der Waals surface area (Å²) in [6, 6.07) is 12.1. The van der Waals surface area contributed by atoms with Crippen LogP contribution in [-0.2, 0) is 12.6 Å². The summed E-state index contributed by atoms with van der Waals surface area (Å²) in [4.78, 5) is 8.61. The van der Waals surface area contributed by atoms with Crippen molar-refractivity contribution in [3.63, 3.8) is 0 Å². The first-order valence-corrected chi connectivity index (χ1v) is 9.12. The van der Waals surface area contributed by atoms with Crippen LogP contribution < -0.4 is 10.6 Å². The number of hydrogen-bond acceptors (Lipinski definition) is 5. The maximum absolute atomic E-state index is 13.0. The summed E-state index contributed by atoms with van der Waals surface area (Å²) in [6.45, 7) is 0.195. The Kier molecular flexibility index (Phi) is 6.56. The molecule has 0 radical (unpaired) electrons. The molecule has 0 amide bonds. The molecule has 2 aromatic carbocycles. The smallest absolute Gasteiger partial charge is 0.395 e. The highest BCUT2D eigenvalue weighted by atomic mass is 35.5. The predicted molar refractivity (Wildman–Crippen MR) is 107 cm³/mol. The van der Waals surface area contributed by atoms with E-state index in [1.54, 1.807) is 18.2 Å². The average Bonchev–Trinajstić information content (AvgIpc) is 2.69. The van der Waals surface area contributed by atoms with Gasteiger partial charge in [-0.15, -0.1) is 0 Å². The summed E-state index contributed by atoms with van der Waals surface area (Å²) < 4.78 is 39.0. The van der Waals surface area contributed by atoms with Crippen molar-refractivity contribution < 1.29 is 18.3 Å². The van der Waals surface area contributed by atoms with Gasteiger partial charge in [0.15, 0.2) is 0 Å². The first-order chi connectivity index (χ1) is 13.8. The molecule has 3 rings (SSSR count). The van der Waals surface area contributed by atoms with Gasteiger partial charge in [0.25, 0.3) is 0 Å². The molecule has 0 aliphatic rings. The number of nitrogens with zero attached hydrogens (tertiary/aromatic N) is 2. The number of alkyl halides is 3. The molecular formula is C20H18ClF3N4O. The van der Waals surface area contributed by atoms with Crippen molar-refractivity contribution in [3.8, 4) is 0 Å². The molecule has 0 saturated carbocycles. The van der Waals surface area contributed by atoms with Crippen molar-refractivity contribution in [2.45, 2.75) is 12.6 Å². The normalized spacial score (nSPS) is 11.3. The van der Waals surface area contributed by atoms with Crippen LogP contribution in [0.5, 0.6) is 0 Å². The Morgan fingerprint density at radius 3 is 2.52 bits per heavy atom. The highest BCUT2D eigenvalue weighted by Crippen LogP contribution is 2.32. The van der Waals surface area contributed by atoms with E-state index in [0.29, 0.717) is 28.8 Å². The molecule has 0 bridgehead atoms. The molecule has 0 spiro atoms. The van der Waals surface area contributed by atoms with Gasteiger partial charge in [-0.3, -0.25) is 0 Å². The van der Waals surface area contributed by atoms with Gasteiger partial charge in [-0.1, -0.05) is 29.8 Å². The first kappa shape index (κ1) is 20.9. The van der Waals surface area contributed by atoms with Crippen LogP contribution in [0.4, 0.5) is 30.5 Å². The summed E-state index contributed by atoms with van der Waals surface area (Å²) in [5.41, 5.74) is 1.52. The zero-order valence-electron chi connectivity index (χ0n) is 15.2. The van der Waals surface area contributed by atoms with Crippen LogP contribution in [0.2, 0.25) is 5.02 Å². The zero-order chi connectivity index (χ0) is 20.9. The van der Waals surface area contributed by atoms with Crippen LogP contribution >= 0.6 is 11.6 Å². The van der Waals surface area contributed by atoms with E-state index in [1.807, 2.05) is 12.1 Å². The Balaban J connectivity index is 1.91. The largest absolute Gasteiger partial charge is 0.416 e. The lowest BCUT2D eigenvalue weighted by Gasteiger charge is -2.14. The second kappa shape index (κ2) is 9.11. The second-order valence-electron chi connectivity index (χ2n) is 6.21. The highest BCUT2D eigenvalue weighted by molar-refractivity contribution is 6.30. The highest BCUT2D eigenvalue weighted by Gasteiger charge is 2.30. The van der Waals surface area contributed by atoms with Crippen molar-refractivity contribution >= 4 is 28.9 Å². The molecule has 3 aromatic rings. The van der Waals surface area contributed by atoms with E-state index in [9.17, 15) is 13.2 Å². The number of nitrogens with one attached hydrogen (secondary N) is 2. The monoisotopic (exact) mass is 422 g/mol. The van der Waals surface area contributed by atoms with E-state index < -0.39 is 11.7 Å². The molecule has 0 unspecified atom stereocenters. The predicted octanol–water partition coefficient (Wildman–Crippen LogP) is 4.89. The zero-order valence-corrected chi connectivity index (χ0v) is 15.9. The van der Waals surface area contributed by atoms with E-state index in [2.05, 4.69) is 20.6 Å². The van der Waals surface area contributed by atoms with Crippen molar-refractivity contribution in [1.82, 2.24) is 9.97 Å². The van der Waals surface area contributed by atoms with Gasteiger partial charge >= 0.3 is 6.18 Å². The molecule has 3 N–H and O–H groups in total. The van der Waals surface area contributed by atoms with E-state index >= 15 is 0 Å². The second-order valence-corrected chi connectivity index (χ2v) is 6.65. The minimum absolute atomic E-state index is 0.0832. The SMILES string of the molecule is OCCNc1ncc(Nc2cccc(C(F)(F)F)c2)c(Cc2ccc(Cl)cc2)n1. The molecule has 1 aromatic heterocycles. The lowest BCUT2D eigenvalue weighted by molar-refractivity contribution is -0.137. The number of benzene rings is 2. The Bertz CT molecular complexity index is 965. The number of halogens is 4. The van der Waals surface area contributed by atoms with Gasteiger partial charge in [-0.05, 0) is 35.9 Å². The molecule has 9 heteroatoms. The number of aliphatic hydroxyl groups is 1. The van der Waals surface area contributed by atoms with E-state index in [4.69, 9.17) is 16.7 Å². The Hall–Kier alpha value is -2.84. The third-order valence-corrected chi connectivity index (χ3v) is 4.27. The van der Waals surface area contributed by atoms with E-state index in [1.165, 1.54) is 12.3 Å². The maximum atomic E-state index is 13.0. The van der Waals surface area contributed by atoms with Crippen LogP contribution in [0.3, 0.4) is 0 Å². The Morgan fingerprint density at radius 2 is 1.83 bits per heavy atom. The Morgan fingerprint density at radius 1 is 1.07 bits per heavy atom. The summed E-state index contributed by atoms with van der Waals surface area (Å²) in [5, 5.41) is 15.4. The minimum Gasteiger partial charge on any atom is -0.395 e. The lowest BCUT2D eigenvalue weighted by atomic mass is 10.1. The summed E-state index contributed by atoms with van der Waals surface area (Å²) in [5.74, 6) is 0.317. The fourth-order valence-corrected chi connectivity index (χ4v) is 2.76. The number of rotatable bonds is 7. The van der Waals surface area contributed by atoms with E-state index in [-0.39, 0.29) is 18.8 Å². The summed E-state index contributed by atoms with van der Waals surface area (Å²) in [6.07, 6.45) is -2.52. The molecular weight excluding hydrogens is 405 g/mol. The van der Waals surface area contributed by atoms with Crippen LogP contribution in [0.15, 0.2) is 54.7 Å². The van der Waals surface area contributed by atoms with Gasteiger partial charge in [0.2, 0.25) is 5.95 Å². The summed E-state index contributed by atoms with van der Waals surface area (Å²) >= 11 is 5.92. The fraction of sp³-hybridized carbons (Fsp3) is 0.200. The molecule has 0 saturated heterocycles. The first-order valence-electron chi connectivity index (χ1n) is 8.74. The van der Waals surface area contributed by atoms with Crippen molar-refractivity contribution in [1.29, 1.82) is 0 Å². The number of hydrogen-bond donors (Lipinski definition) is 3.